The van der Waals surface area contributed by atoms with Crippen molar-refractivity contribution in [2.75, 3.05) is 0 Å². The lowest BCUT2D eigenvalue weighted by molar-refractivity contribution is -0.0601. The topological polar surface area (TPSA) is 102 Å². The number of phosphoric acid groups is 2. The van der Waals surface area contributed by atoms with Gasteiger partial charge in [-0.3, -0.25) is 9.05 Å². The van der Waals surface area contributed by atoms with Crippen molar-refractivity contribution in [1.29, 1.82) is 0 Å². The van der Waals surface area contributed by atoms with E-state index in [2.05, 4.69) is 4.31 Å². The maximum absolute atomic E-state index is 12.3. The summed E-state index contributed by atoms with van der Waals surface area (Å²) in [5, 5.41) is 0. The molecular formula is C10H22O7P2. The smallest absolute Gasteiger partial charge is 0.302 e. The Bertz CT molecular complexity index is 384. The minimum atomic E-state index is -4.95. The van der Waals surface area contributed by atoms with Gasteiger partial charge >= 0.3 is 15.6 Å². The fourth-order valence-corrected chi connectivity index (χ4v) is 5.87. The zero-order valence-corrected chi connectivity index (χ0v) is 13.4. The Kier molecular flexibility index (Phi) is 5.07. The van der Waals surface area contributed by atoms with E-state index in [1.54, 1.807) is 0 Å². The molecule has 0 amide bonds. The average Bonchev–Trinajstić information content (AvgIpc) is 2.56. The van der Waals surface area contributed by atoms with E-state index in [1.807, 2.05) is 27.7 Å². The predicted molar refractivity (Wildman–Crippen MR) is 69.5 cm³/mol. The highest BCUT2D eigenvalue weighted by molar-refractivity contribution is 7.61. The molecule has 0 radical (unpaired) electrons. The van der Waals surface area contributed by atoms with Crippen LogP contribution in [0.2, 0.25) is 0 Å². The van der Waals surface area contributed by atoms with Crippen LogP contribution in [0.25, 0.3) is 0 Å². The second-order valence-corrected chi connectivity index (χ2v) is 7.50. The molecule has 0 aromatic heterocycles. The highest BCUT2D eigenvalue weighted by atomic mass is 31.3. The monoisotopic (exact) mass is 316 g/mol. The summed E-state index contributed by atoms with van der Waals surface area (Å²) in [7, 11) is -9.21. The molecule has 0 aliphatic carbocycles. The van der Waals surface area contributed by atoms with E-state index in [0.29, 0.717) is 25.7 Å². The van der Waals surface area contributed by atoms with Crippen LogP contribution in [0.15, 0.2) is 0 Å². The Morgan fingerprint density at radius 3 is 1.53 bits per heavy atom. The Morgan fingerprint density at radius 1 is 1.00 bits per heavy atom. The van der Waals surface area contributed by atoms with Gasteiger partial charge in [0.2, 0.25) is 0 Å². The van der Waals surface area contributed by atoms with Crippen LogP contribution in [0.1, 0.15) is 53.4 Å². The predicted octanol–water partition coefficient (Wildman–Crippen LogP) is 3.37. The molecule has 9 heteroatoms. The van der Waals surface area contributed by atoms with E-state index in [9.17, 15) is 9.13 Å². The normalized spacial score (nSPS) is 24.5. The molecule has 1 aliphatic rings. The Labute approximate surface area is 113 Å². The molecule has 1 saturated heterocycles. The summed E-state index contributed by atoms with van der Waals surface area (Å²) in [5.74, 6) is 0. The van der Waals surface area contributed by atoms with E-state index in [1.165, 1.54) is 0 Å². The molecule has 0 bridgehead atoms. The third kappa shape index (κ3) is 3.13. The summed E-state index contributed by atoms with van der Waals surface area (Å²) in [5.41, 5.74) is -1.72. The third-order valence-electron chi connectivity index (χ3n) is 3.89. The first-order valence-electron chi connectivity index (χ1n) is 6.40. The van der Waals surface area contributed by atoms with Crippen LogP contribution < -0.4 is 0 Å². The molecule has 0 spiro atoms. The first kappa shape index (κ1) is 17.3. The standard InChI is InChI=1S/C10H22O7P2/c1-5-9(6-2)10(7-3,8-4)16-19(14,15-9)17-18(11,12)13/h5-8H2,1-4H3,(H2,11,12,13). The summed E-state index contributed by atoms with van der Waals surface area (Å²) < 4.78 is 38.4. The molecule has 19 heavy (non-hydrogen) atoms. The largest absolute Gasteiger partial charge is 0.485 e. The highest BCUT2D eigenvalue weighted by Crippen LogP contribution is 2.72. The maximum Gasteiger partial charge on any atom is 0.485 e. The Morgan fingerprint density at radius 2 is 1.32 bits per heavy atom. The lowest BCUT2D eigenvalue weighted by Crippen LogP contribution is -2.50. The molecule has 0 atom stereocenters. The van der Waals surface area contributed by atoms with Crippen LogP contribution in [0.5, 0.6) is 0 Å². The van der Waals surface area contributed by atoms with Gasteiger partial charge in [0.15, 0.2) is 0 Å². The summed E-state index contributed by atoms with van der Waals surface area (Å²) in [4.78, 5) is 17.7. The molecule has 114 valence electrons. The summed E-state index contributed by atoms with van der Waals surface area (Å²) in [6.07, 6.45) is 2.05. The lowest BCUT2D eigenvalue weighted by atomic mass is 9.75. The minimum absolute atomic E-state index is 0.514. The molecule has 7 nitrogen and oxygen atoms in total. The van der Waals surface area contributed by atoms with E-state index in [4.69, 9.17) is 18.8 Å². The van der Waals surface area contributed by atoms with Crippen molar-refractivity contribution in [3.8, 4) is 0 Å². The second-order valence-electron chi connectivity index (χ2n) is 4.60. The van der Waals surface area contributed by atoms with Gasteiger partial charge in [0.1, 0.15) is 11.2 Å². The first-order valence-corrected chi connectivity index (χ1v) is 9.39. The summed E-state index contributed by atoms with van der Waals surface area (Å²) in [6.45, 7) is 7.44. The Balaban J connectivity index is 3.21. The van der Waals surface area contributed by atoms with E-state index in [0.717, 1.165) is 0 Å². The maximum atomic E-state index is 12.3. The molecule has 1 rings (SSSR count). The average molecular weight is 316 g/mol. The van der Waals surface area contributed by atoms with Gasteiger partial charge in [-0.25, -0.2) is 9.13 Å². The van der Waals surface area contributed by atoms with Crippen LogP contribution in [0, 0.1) is 0 Å². The minimum Gasteiger partial charge on any atom is -0.302 e. The van der Waals surface area contributed by atoms with Crippen molar-refractivity contribution >= 4 is 15.6 Å². The molecular weight excluding hydrogens is 294 g/mol. The molecule has 1 fully saturated rings. The zero-order chi connectivity index (χ0) is 14.9. The van der Waals surface area contributed by atoms with E-state index in [-0.39, 0.29) is 0 Å². The van der Waals surface area contributed by atoms with Gasteiger partial charge in [0, 0.05) is 0 Å². The third-order valence-corrected chi connectivity index (χ3v) is 6.69. The van der Waals surface area contributed by atoms with Crippen molar-refractivity contribution in [1.82, 2.24) is 0 Å². The number of hydrogen-bond donors (Lipinski definition) is 2. The number of phosphoric ester groups is 1. The van der Waals surface area contributed by atoms with Gasteiger partial charge in [0.05, 0.1) is 0 Å². The molecule has 0 saturated carbocycles. The van der Waals surface area contributed by atoms with Gasteiger partial charge in [-0.2, -0.15) is 4.31 Å². The van der Waals surface area contributed by atoms with Gasteiger partial charge < -0.3 is 9.79 Å². The molecule has 2 N–H and O–H groups in total. The SMILES string of the molecule is CCC1(CC)OP(=O)(OP(=O)(O)O)OC1(CC)CC. The fraction of sp³-hybridized carbons (Fsp3) is 1.00. The van der Waals surface area contributed by atoms with Gasteiger partial charge in [-0.05, 0) is 25.7 Å². The Hall–Kier alpha value is 0.260. The van der Waals surface area contributed by atoms with E-state index < -0.39 is 26.8 Å². The van der Waals surface area contributed by atoms with Crippen molar-refractivity contribution in [2.45, 2.75) is 64.6 Å². The van der Waals surface area contributed by atoms with Crippen molar-refractivity contribution in [3.05, 3.63) is 0 Å². The van der Waals surface area contributed by atoms with Gasteiger partial charge in [-0.15, -0.1) is 0 Å². The van der Waals surface area contributed by atoms with Crippen LogP contribution in [-0.4, -0.2) is 21.0 Å². The number of rotatable bonds is 6. The van der Waals surface area contributed by atoms with Crippen LogP contribution >= 0.6 is 15.6 Å². The summed E-state index contributed by atoms with van der Waals surface area (Å²) >= 11 is 0. The zero-order valence-electron chi connectivity index (χ0n) is 11.7. The van der Waals surface area contributed by atoms with Crippen LogP contribution in [-0.2, 0) is 22.5 Å². The fourth-order valence-electron chi connectivity index (χ4n) is 2.82. The molecule has 1 aliphatic heterocycles. The van der Waals surface area contributed by atoms with Crippen molar-refractivity contribution in [2.24, 2.45) is 0 Å². The molecule has 0 aromatic carbocycles. The van der Waals surface area contributed by atoms with Gasteiger partial charge in [-0.1, -0.05) is 27.7 Å². The van der Waals surface area contributed by atoms with Gasteiger partial charge in [0.25, 0.3) is 0 Å². The number of hydrogen-bond acceptors (Lipinski definition) is 5. The lowest BCUT2D eigenvalue weighted by Gasteiger charge is -2.39. The highest BCUT2D eigenvalue weighted by Gasteiger charge is 2.64. The van der Waals surface area contributed by atoms with Crippen LogP contribution in [0.4, 0.5) is 0 Å². The summed E-state index contributed by atoms with van der Waals surface area (Å²) in [6, 6.07) is 0. The molecule has 1 heterocycles. The molecule has 0 aromatic rings. The first-order chi connectivity index (χ1) is 8.61. The van der Waals surface area contributed by atoms with Crippen molar-refractivity contribution < 1.29 is 32.3 Å². The van der Waals surface area contributed by atoms with Crippen molar-refractivity contribution in [3.63, 3.8) is 0 Å². The van der Waals surface area contributed by atoms with Crippen LogP contribution in [0.3, 0.4) is 0 Å². The second kappa shape index (κ2) is 5.57. The quantitative estimate of drug-likeness (QED) is 0.724. The van der Waals surface area contributed by atoms with E-state index >= 15 is 0 Å². The molecule has 0 unspecified atom stereocenters.